The second kappa shape index (κ2) is 4.62. The number of aromatic carboxylic acids is 1. The van der Waals surface area contributed by atoms with Gasteiger partial charge < -0.3 is 10.8 Å². The van der Waals surface area contributed by atoms with Gasteiger partial charge in [-0.05, 0) is 0 Å². The van der Waals surface area contributed by atoms with Crippen molar-refractivity contribution in [3.63, 3.8) is 0 Å². The van der Waals surface area contributed by atoms with Gasteiger partial charge in [-0.1, -0.05) is 24.3 Å². The van der Waals surface area contributed by atoms with E-state index in [0.717, 1.165) is 6.29 Å². The Morgan fingerprint density at radius 1 is 1.28 bits per heavy atom. The number of rotatable bonds is 3. The third kappa shape index (κ3) is 2.17. The zero-order valence-electron chi connectivity index (χ0n) is 9.20. The third-order valence-corrected chi connectivity index (χ3v) is 2.35. The van der Waals surface area contributed by atoms with Gasteiger partial charge in [0.25, 0.3) is 0 Å². The highest BCUT2D eigenvalue weighted by molar-refractivity contribution is 5.90. The second-order valence-corrected chi connectivity index (χ2v) is 3.53. The molecular formula is C12H9N3O3. The predicted molar refractivity (Wildman–Crippen MR) is 64.2 cm³/mol. The third-order valence-electron chi connectivity index (χ3n) is 2.35. The first-order valence-corrected chi connectivity index (χ1v) is 5.03. The van der Waals surface area contributed by atoms with Crippen LogP contribution in [0.5, 0.6) is 0 Å². The standard InChI is InChI=1S/C12H9N3O3/c13-11-10(12(17)18)15-9(5-14-11)8-3-1-7(6-16)2-4-8/h1-6H,(H2,13,14)(H,17,18). The van der Waals surface area contributed by atoms with Crippen molar-refractivity contribution in [1.82, 2.24) is 9.97 Å². The first-order valence-electron chi connectivity index (χ1n) is 5.03. The Balaban J connectivity index is 2.47. The predicted octanol–water partition coefficient (Wildman–Crippen LogP) is 1.24. The largest absolute Gasteiger partial charge is 0.476 e. The van der Waals surface area contributed by atoms with Crippen LogP contribution < -0.4 is 5.73 Å². The smallest absolute Gasteiger partial charge is 0.358 e. The van der Waals surface area contributed by atoms with Gasteiger partial charge in [-0.15, -0.1) is 0 Å². The summed E-state index contributed by atoms with van der Waals surface area (Å²) >= 11 is 0. The summed E-state index contributed by atoms with van der Waals surface area (Å²) in [6.45, 7) is 0. The number of aldehydes is 1. The van der Waals surface area contributed by atoms with Crippen LogP contribution in [0.2, 0.25) is 0 Å². The lowest BCUT2D eigenvalue weighted by Gasteiger charge is -2.04. The molecule has 0 radical (unpaired) electrons. The van der Waals surface area contributed by atoms with Crippen LogP contribution in [0, 0.1) is 0 Å². The van der Waals surface area contributed by atoms with Gasteiger partial charge in [0.15, 0.2) is 11.5 Å². The van der Waals surface area contributed by atoms with Gasteiger partial charge in [0.2, 0.25) is 0 Å². The highest BCUT2D eigenvalue weighted by atomic mass is 16.4. The Morgan fingerprint density at radius 2 is 1.94 bits per heavy atom. The molecule has 0 bridgehead atoms. The molecule has 0 amide bonds. The lowest BCUT2D eigenvalue weighted by molar-refractivity contribution is 0.0691. The first kappa shape index (κ1) is 11.7. The summed E-state index contributed by atoms with van der Waals surface area (Å²) in [5, 5.41) is 8.89. The fraction of sp³-hybridized carbons (Fsp3) is 0. The monoisotopic (exact) mass is 243 g/mol. The van der Waals surface area contributed by atoms with Crippen molar-refractivity contribution in [2.45, 2.75) is 0 Å². The molecule has 0 aliphatic rings. The fourth-order valence-electron chi connectivity index (χ4n) is 1.43. The van der Waals surface area contributed by atoms with Crippen LogP contribution in [-0.4, -0.2) is 27.3 Å². The molecule has 2 rings (SSSR count). The Labute approximate surface area is 102 Å². The number of carbonyl (C=O) groups is 2. The topological polar surface area (TPSA) is 106 Å². The molecule has 0 aliphatic carbocycles. The minimum Gasteiger partial charge on any atom is -0.476 e. The molecule has 0 saturated carbocycles. The van der Waals surface area contributed by atoms with E-state index in [9.17, 15) is 9.59 Å². The van der Waals surface area contributed by atoms with Gasteiger partial charge in [-0.2, -0.15) is 0 Å². The van der Waals surface area contributed by atoms with Crippen LogP contribution >= 0.6 is 0 Å². The van der Waals surface area contributed by atoms with E-state index in [4.69, 9.17) is 10.8 Å². The lowest BCUT2D eigenvalue weighted by Crippen LogP contribution is -2.08. The summed E-state index contributed by atoms with van der Waals surface area (Å²) in [6, 6.07) is 6.55. The summed E-state index contributed by atoms with van der Waals surface area (Å²) < 4.78 is 0. The quantitative estimate of drug-likeness (QED) is 0.785. The molecule has 2 aromatic rings. The number of carboxylic acid groups (broad SMARTS) is 1. The van der Waals surface area contributed by atoms with Gasteiger partial charge in [0.1, 0.15) is 6.29 Å². The molecule has 6 heteroatoms. The van der Waals surface area contributed by atoms with Gasteiger partial charge in [0, 0.05) is 11.1 Å². The summed E-state index contributed by atoms with van der Waals surface area (Å²) in [4.78, 5) is 29.1. The number of aromatic nitrogens is 2. The molecule has 3 N–H and O–H groups in total. The zero-order valence-corrected chi connectivity index (χ0v) is 9.20. The van der Waals surface area contributed by atoms with Crippen LogP contribution in [0.4, 0.5) is 5.82 Å². The first-order chi connectivity index (χ1) is 8.61. The molecule has 0 saturated heterocycles. The number of hydrogen-bond acceptors (Lipinski definition) is 5. The van der Waals surface area contributed by atoms with E-state index in [1.165, 1.54) is 6.20 Å². The fourth-order valence-corrected chi connectivity index (χ4v) is 1.43. The molecule has 6 nitrogen and oxygen atoms in total. The summed E-state index contributed by atoms with van der Waals surface area (Å²) in [7, 11) is 0. The van der Waals surface area contributed by atoms with E-state index in [-0.39, 0.29) is 11.5 Å². The maximum Gasteiger partial charge on any atom is 0.358 e. The molecule has 18 heavy (non-hydrogen) atoms. The van der Waals surface area contributed by atoms with Crippen molar-refractivity contribution < 1.29 is 14.7 Å². The number of nitrogens with two attached hydrogens (primary N) is 1. The minimum absolute atomic E-state index is 0.129. The zero-order chi connectivity index (χ0) is 13.1. The maximum absolute atomic E-state index is 10.9. The van der Waals surface area contributed by atoms with Crippen molar-refractivity contribution >= 4 is 18.1 Å². The van der Waals surface area contributed by atoms with Crippen molar-refractivity contribution in [1.29, 1.82) is 0 Å². The highest BCUT2D eigenvalue weighted by Crippen LogP contribution is 2.18. The van der Waals surface area contributed by atoms with Crippen molar-refractivity contribution in [2.75, 3.05) is 5.73 Å². The Hall–Kier alpha value is -2.76. The highest BCUT2D eigenvalue weighted by Gasteiger charge is 2.12. The normalized spacial score (nSPS) is 10.0. The Bertz CT molecular complexity index is 608. The maximum atomic E-state index is 10.9. The molecule has 90 valence electrons. The van der Waals surface area contributed by atoms with Crippen LogP contribution in [0.15, 0.2) is 30.5 Å². The van der Waals surface area contributed by atoms with Crippen molar-refractivity contribution in [3.8, 4) is 11.3 Å². The summed E-state index contributed by atoms with van der Waals surface area (Å²) in [6.07, 6.45) is 2.11. The minimum atomic E-state index is -1.23. The Morgan fingerprint density at radius 3 is 2.50 bits per heavy atom. The molecule has 1 aromatic heterocycles. The molecular weight excluding hydrogens is 234 g/mol. The molecule has 0 spiro atoms. The van der Waals surface area contributed by atoms with Crippen LogP contribution in [-0.2, 0) is 0 Å². The van der Waals surface area contributed by atoms with E-state index in [2.05, 4.69) is 9.97 Å². The van der Waals surface area contributed by atoms with E-state index >= 15 is 0 Å². The van der Waals surface area contributed by atoms with E-state index in [1.54, 1.807) is 24.3 Å². The molecule has 1 heterocycles. The van der Waals surface area contributed by atoms with Crippen molar-refractivity contribution in [3.05, 3.63) is 41.7 Å². The average Bonchev–Trinajstić information content (AvgIpc) is 2.39. The molecule has 0 aliphatic heterocycles. The van der Waals surface area contributed by atoms with Gasteiger partial charge in [0.05, 0.1) is 11.9 Å². The second-order valence-electron chi connectivity index (χ2n) is 3.53. The van der Waals surface area contributed by atoms with Gasteiger partial charge in [-0.3, -0.25) is 4.79 Å². The number of nitrogen functional groups attached to an aromatic ring is 1. The number of carbonyl (C=O) groups excluding carboxylic acids is 1. The number of anilines is 1. The molecule has 1 aromatic carbocycles. The summed E-state index contributed by atoms with van der Waals surface area (Å²) in [5.74, 6) is -1.36. The summed E-state index contributed by atoms with van der Waals surface area (Å²) in [5.41, 5.74) is 6.71. The molecule has 0 unspecified atom stereocenters. The van der Waals surface area contributed by atoms with E-state index < -0.39 is 5.97 Å². The number of carboxylic acids is 1. The van der Waals surface area contributed by atoms with Crippen LogP contribution in [0.25, 0.3) is 11.3 Å². The number of benzene rings is 1. The van der Waals surface area contributed by atoms with E-state index in [1.807, 2.05) is 0 Å². The van der Waals surface area contributed by atoms with Crippen LogP contribution in [0.3, 0.4) is 0 Å². The molecule has 0 fully saturated rings. The van der Waals surface area contributed by atoms with Crippen molar-refractivity contribution in [2.24, 2.45) is 0 Å². The van der Waals surface area contributed by atoms with Gasteiger partial charge >= 0.3 is 5.97 Å². The number of nitrogens with zero attached hydrogens (tertiary/aromatic N) is 2. The Kier molecular flexibility index (Phi) is 3.01. The van der Waals surface area contributed by atoms with Crippen LogP contribution in [0.1, 0.15) is 20.8 Å². The SMILES string of the molecule is Nc1ncc(-c2ccc(C=O)cc2)nc1C(=O)O. The van der Waals surface area contributed by atoms with Gasteiger partial charge in [-0.25, -0.2) is 14.8 Å². The average molecular weight is 243 g/mol. The molecule has 0 atom stereocenters. The number of hydrogen-bond donors (Lipinski definition) is 2. The lowest BCUT2D eigenvalue weighted by atomic mass is 10.1. The van der Waals surface area contributed by atoms with E-state index in [0.29, 0.717) is 16.8 Å².